The Kier molecular flexibility index (Phi) is 7.89. The van der Waals surface area contributed by atoms with Crippen LogP contribution in [0.1, 0.15) is 35.1 Å². The normalized spacial score (nSPS) is 15.6. The Labute approximate surface area is 332 Å². The Morgan fingerprint density at radius 1 is 0.375 bits per heavy atom. The fourth-order valence-electron chi connectivity index (χ4n) is 9.81. The number of nitrogens with zero attached hydrogens (tertiary/aromatic N) is 2. The molecule has 0 amide bonds. The maximum atomic E-state index is 2.55. The van der Waals surface area contributed by atoms with E-state index in [9.17, 15) is 0 Å². The van der Waals surface area contributed by atoms with Crippen LogP contribution in [0.3, 0.4) is 0 Å². The van der Waals surface area contributed by atoms with E-state index in [4.69, 9.17) is 0 Å². The highest BCUT2D eigenvalue weighted by atomic mass is 32.1. The summed E-state index contributed by atoms with van der Waals surface area (Å²) >= 11 is 1.88. The van der Waals surface area contributed by atoms with Gasteiger partial charge in [0.15, 0.2) is 0 Å². The van der Waals surface area contributed by atoms with Crippen molar-refractivity contribution in [2.75, 3.05) is 9.80 Å². The summed E-state index contributed by atoms with van der Waals surface area (Å²) in [5.41, 5.74) is 15.5. The van der Waals surface area contributed by atoms with Crippen LogP contribution < -0.4 is 9.80 Å². The van der Waals surface area contributed by atoms with Crippen molar-refractivity contribution >= 4 is 65.6 Å². The first-order chi connectivity index (χ1) is 27.7. The second-order valence-electron chi connectivity index (χ2n) is 15.2. The number of thiophene rings is 1. The smallest absolute Gasteiger partial charge is 0.0505 e. The van der Waals surface area contributed by atoms with Gasteiger partial charge in [-0.3, -0.25) is 0 Å². The zero-order valence-corrected chi connectivity index (χ0v) is 31.9. The number of anilines is 6. The molecule has 1 heterocycles. The van der Waals surface area contributed by atoms with Crippen molar-refractivity contribution in [3.63, 3.8) is 0 Å². The quantitative estimate of drug-likeness (QED) is 0.161. The minimum Gasteiger partial charge on any atom is -0.310 e. The average Bonchev–Trinajstić information content (AvgIpc) is 3.96. The maximum absolute atomic E-state index is 2.55. The van der Waals surface area contributed by atoms with E-state index >= 15 is 0 Å². The highest BCUT2D eigenvalue weighted by Crippen LogP contribution is 2.60. The fourth-order valence-corrected chi connectivity index (χ4v) is 10.9. The Balaban J connectivity index is 1.13. The Bertz CT molecular complexity index is 2820. The van der Waals surface area contributed by atoms with Gasteiger partial charge in [-0.2, -0.15) is 0 Å². The summed E-state index contributed by atoms with van der Waals surface area (Å²) in [5, 5.41) is 2.63. The van der Waals surface area contributed by atoms with Crippen molar-refractivity contribution < 1.29 is 0 Å². The molecule has 1 spiro atoms. The molecule has 8 aromatic carbocycles. The van der Waals surface area contributed by atoms with Gasteiger partial charge in [0.1, 0.15) is 0 Å². The molecule has 0 fully saturated rings. The third-order valence-corrected chi connectivity index (χ3v) is 13.4. The second kappa shape index (κ2) is 13.4. The molecule has 56 heavy (non-hydrogen) atoms. The molecular weight excluding hydrogens is 697 g/mol. The van der Waals surface area contributed by atoms with E-state index in [0.29, 0.717) is 0 Å². The van der Waals surface area contributed by atoms with Crippen molar-refractivity contribution in [2.45, 2.75) is 31.1 Å². The van der Waals surface area contributed by atoms with Crippen LogP contribution in [0, 0.1) is 0 Å². The first-order valence-electron chi connectivity index (χ1n) is 19.8. The lowest BCUT2D eigenvalue weighted by molar-refractivity contribution is 0.508. The molecule has 0 saturated carbocycles. The summed E-state index contributed by atoms with van der Waals surface area (Å²) in [6.07, 6.45) is 4.31. The van der Waals surface area contributed by atoms with Crippen molar-refractivity contribution in [2.24, 2.45) is 0 Å². The molecule has 0 saturated heterocycles. The van der Waals surface area contributed by atoms with Gasteiger partial charge in [0.2, 0.25) is 0 Å². The van der Waals surface area contributed by atoms with E-state index in [1.54, 1.807) is 0 Å². The molecular formula is C53H40N2S. The number of aryl methyl sites for hydroxylation is 2. The van der Waals surface area contributed by atoms with Crippen LogP contribution in [-0.4, -0.2) is 0 Å². The summed E-state index contributed by atoms with van der Waals surface area (Å²) in [6, 6.07) is 71.8. The molecule has 2 aliphatic rings. The van der Waals surface area contributed by atoms with Gasteiger partial charge in [-0.15, -0.1) is 11.3 Å². The summed E-state index contributed by atoms with van der Waals surface area (Å²) < 4.78 is 2.65. The van der Waals surface area contributed by atoms with Crippen LogP contribution >= 0.6 is 11.3 Å². The number of hydrogen-bond donors (Lipinski definition) is 0. The molecule has 1 aromatic heterocycles. The van der Waals surface area contributed by atoms with Crippen LogP contribution in [0.4, 0.5) is 34.1 Å². The van der Waals surface area contributed by atoms with Gasteiger partial charge in [0.25, 0.3) is 0 Å². The molecule has 0 radical (unpaired) electrons. The maximum Gasteiger partial charge on any atom is 0.0505 e. The van der Waals surface area contributed by atoms with Crippen molar-refractivity contribution in [1.29, 1.82) is 0 Å². The predicted octanol–water partition coefficient (Wildman–Crippen LogP) is 14.8. The molecule has 268 valence electrons. The number of benzene rings is 8. The molecule has 0 bridgehead atoms. The molecule has 0 aliphatic heterocycles. The molecule has 2 nitrogen and oxygen atoms in total. The first-order valence-corrected chi connectivity index (χ1v) is 20.6. The molecule has 9 aromatic rings. The van der Waals surface area contributed by atoms with Gasteiger partial charge < -0.3 is 9.80 Å². The summed E-state index contributed by atoms with van der Waals surface area (Å²) in [4.78, 5) is 5.04. The SMILES string of the molecule is c1ccc(-c2ccc(N(c3ccc4sc5ccccc5c4c3)c3cccc4c3[C@]3(CCc5cccc(N(c6ccccc6)c6ccccc6)c53)CC4)cc2)cc1. The third-order valence-electron chi connectivity index (χ3n) is 12.2. The van der Waals surface area contributed by atoms with Crippen LogP contribution in [0.15, 0.2) is 194 Å². The largest absolute Gasteiger partial charge is 0.310 e. The van der Waals surface area contributed by atoms with Gasteiger partial charge in [-0.25, -0.2) is 0 Å². The number of hydrogen-bond acceptors (Lipinski definition) is 3. The van der Waals surface area contributed by atoms with E-state index in [0.717, 1.165) is 25.7 Å². The van der Waals surface area contributed by atoms with Crippen LogP contribution in [0.25, 0.3) is 31.3 Å². The summed E-state index contributed by atoms with van der Waals surface area (Å²) in [6.45, 7) is 0. The van der Waals surface area contributed by atoms with Crippen LogP contribution in [0.5, 0.6) is 0 Å². The Morgan fingerprint density at radius 3 is 1.48 bits per heavy atom. The molecule has 11 rings (SSSR count). The number of fused-ring (bicyclic) bond motifs is 7. The lowest BCUT2D eigenvalue weighted by Crippen LogP contribution is -2.27. The summed E-state index contributed by atoms with van der Waals surface area (Å²) in [5.74, 6) is 0. The van der Waals surface area contributed by atoms with Gasteiger partial charge >= 0.3 is 0 Å². The monoisotopic (exact) mass is 736 g/mol. The molecule has 0 unspecified atom stereocenters. The zero-order chi connectivity index (χ0) is 37.1. The predicted molar refractivity (Wildman–Crippen MR) is 238 cm³/mol. The van der Waals surface area contributed by atoms with E-state index in [1.165, 1.54) is 87.7 Å². The van der Waals surface area contributed by atoms with Crippen LogP contribution in [0.2, 0.25) is 0 Å². The van der Waals surface area contributed by atoms with Gasteiger partial charge in [0.05, 0.1) is 11.4 Å². The molecule has 3 heteroatoms. The lowest BCUT2D eigenvalue weighted by atomic mass is 9.74. The number of rotatable bonds is 7. The van der Waals surface area contributed by atoms with Crippen molar-refractivity contribution in [3.8, 4) is 11.1 Å². The fraction of sp³-hybridized carbons (Fsp3) is 0.0943. The highest BCUT2D eigenvalue weighted by molar-refractivity contribution is 7.25. The Morgan fingerprint density at radius 2 is 0.857 bits per heavy atom. The lowest BCUT2D eigenvalue weighted by Gasteiger charge is -2.37. The topological polar surface area (TPSA) is 6.48 Å². The minimum absolute atomic E-state index is 0.138. The first kappa shape index (κ1) is 33.0. The highest BCUT2D eigenvalue weighted by Gasteiger charge is 2.49. The molecule has 1 atom stereocenters. The Hall–Kier alpha value is -6.42. The van der Waals surface area contributed by atoms with Crippen molar-refractivity contribution in [1.82, 2.24) is 0 Å². The summed E-state index contributed by atoms with van der Waals surface area (Å²) in [7, 11) is 0. The second-order valence-corrected chi connectivity index (χ2v) is 16.3. The van der Waals surface area contributed by atoms with Gasteiger partial charge in [0, 0.05) is 48.3 Å². The van der Waals surface area contributed by atoms with Crippen molar-refractivity contribution in [3.05, 3.63) is 216 Å². The number of para-hydroxylation sites is 2. The third kappa shape index (κ3) is 5.30. The van der Waals surface area contributed by atoms with E-state index < -0.39 is 0 Å². The van der Waals surface area contributed by atoms with E-state index in [2.05, 4.69) is 204 Å². The van der Waals surface area contributed by atoms with Crippen LogP contribution in [-0.2, 0) is 18.3 Å². The standard InChI is InChI=1S/C53H40N2S/c1-4-14-37(15-5-1)38-26-28-43(29-27-38)55(44-30-31-50-46(36-44)45-22-10-11-25-49(45)56-50)48-24-13-17-40-33-35-53(52(40)48)34-32-39-16-12-23-47(51(39)53)54(41-18-6-2-7-19-41)42-20-8-3-9-21-42/h1-31,36H,32-35H2/t53-/m1/s1. The van der Waals surface area contributed by atoms with E-state index in [1.807, 2.05) is 11.3 Å². The molecule has 2 aliphatic carbocycles. The van der Waals surface area contributed by atoms with Gasteiger partial charge in [-0.05, 0) is 132 Å². The minimum atomic E-state index is -0.138. The average molecular weight is 737 g/mol. The van der Waals surface area contributed by atoms with Gasteiger partial charge in [-0.1, -0.05) is 121 Å². The molecule has 0 N–H and O–H groups in total. The van der Waals surface area contributed by atoms with E-state index in [-0.39, 0.29) is 5.41 Å². The zero-order valence-electron chi connectivity index (χ0n) is 31.1.